The fourth-order valence-corrected chi connectivity index (χ4v) is 2.54. The predicted molar refractivity (Wildman–Crippen MR) is 103 cm³/mol. The number of amides is 1. The van der Waals surface area contributed by atoms with Crippen LogP contribution in [-0.4, -0.2) is 23.0 Å². The van der Waals surface area contributed by atoms with Gasteiger partial charge in [-0.3, -0.25) is 4.79 Å². The van der Waals surface area contributed by atoms with Crippen molar-refractivity contribution >= 4 is 23.2 Å². The maximum Gasteiger partial charge on any atom is 0.227 e. The van der Waals surface area contributed by atoms with Crippen molar-refractivity contribution in [1.29, 1.82) is 5.26 Å². The molecule has 0 saturated carbocycles. The molecule has 0 atom stereocenters. The first-order chi connectivity index (χ1) is 13.1. The molecule has 3 aromatic rings. The van der Waals surface area contributed by atoms with E-state index in [1.807, 2.05) is 18.2 Å². The average molecular weight is 359 g/mol. The van der Waals surface area contributed by atoms with Gasteiger partial charge in [-0.2, -0.15) is 5.26 Å². The van der Waals surface area contributed by atoms with E-state index in [0.29, 0.717) is 28.6 Å². The van der Waals surface area contributed by atoms with Gasteiger partial charge in [0.15, 0.2) is 0 Å². The molecule has 134 valence electrons. The number of rotatable bonds is 5. The standard InChI is InChI=1S/C20H17N5O2/c1-13(26)23-16-4-3-5-17(11-16)24-20-22-9-8-18(25-20)14-6-7-19(27-2)15(10-14)12-21/h3-11H,1-2H3,(H,23,26)(H,22,24,25). The minimum atomic E-state index is -0.141. The number of nitrogens with one attached hydrogen (secondary N) is 2. The number of nitriles is 1. The number of hydrogen-bond acceptors (Lipinski definition) is 6. The Balaban J connectivity index is 1.86. The Morgan fingerprint density at radius 1 is 1.15 bits per heavy atom. The Hall–Kier alpha value is -3.92. The molecule has 0 aliphatic carbocycles. The van der Waals surface area contributed by atoms with Crippen LogP contribution >= 0.6 is 0 Å². The van der Waals surface area contributed by atoms with Crippen LogP contribution in [0.3, 0.4) is 0 Å². The monoisotopic (exact) mass is 359 g/mol. The topological polar surface area (TPSA) is 99.9 Å². The molecule has 0 saturated heterocycles. The summed E-state index contributed by atoms with van der Waals surface area (Å²) < 4.78 is 5.17. The van der Waals surface area contributed by atoms with Gasteiger partial charge in [0.1, 0.15) is 11.8 Å². The van der Waals surface area contributed by atoms with Gasteiger partial charge in [-0.05, 0) is 42.5 Å². The highest BCUT2D eigenvalue weighted by Gasteiger charge is 2.08. The summed E-state index contributed by atoms with van der Waals surface area (Å²) in [6, 6.07) is 16.4. The van der Waals surface area contributed by atoms with Crippen molar-refractivity contribution in [2.24, 2.45) is 0 Å². The smallest absolute Gasteiger partial charge is 0.227 e. The molecular formula is C20H17N5O2. The lowest BCUT2D eigenvalue weighted by Crippen LogP contribution is -2.06. The van der Waals surface area contributed by atoms with Gasteiger partial charge in [-0.15, -0.1) is 0 Å². The molecule has 7 nitrogen and oxygen atoms in total. The van der Waals surface area contributed by atoms with Crippen LogP contribution in [0.1, 0.15) is 12.5 Å². The van der Waals surface area contributed by atoms with Gasteiger partial charge in [-0.25, -0.2) is 9.97 Å². The molecule has 0 unspecified atom stereocenters. The maximum atomic E-state index is 11.2. The number of carbonyl (C=O) groups is 1. The lowest BCUT2D eigenvalue weighted by atomic mass is 10.1. The molecule has 0 aliphatic rings. The molecule has 2 aromatic carbocycles. The SMILES string of the molecule is COc1ccc(-c2ccnc(Nc3cccc(NC(C)=O)c3)n2)cc1C#N. The number of hydrogen-bond donors (Lipinski definition) is 2. The van der Waals surface area contributed by atoms with E-state index in [-0.39, 0.29) is 5.91 Å². The third-order valence-electron chi connectivity index (χ3n) is 3.71. The van der Waals surface area contributed by atoms with Crippen molar-refractivity contribution in [3.8, 4) is 23.1 Å². The van der Waals surface area contributed by atoms with Crippen LogP contribution in [0.5, 0.6) is 5.75 Å². The summed E-state index contributed by atoms with van der Waals surface area (Å²) in [5.41, 5.74) is 3.31. The number of benzene rings is 2. The Labute approximate surface area is 156 Å². The molecule has 0 fully saturated rings. The zero-order valence-electron chi connectivity index (χ0n) is 14.9. The van der Waals surface area contributed by atoms with Gasteiger partial charge in [0.05, 0.1) is 18.4 Å². The second kappa shape index (κ2) is 7.97. The van der Waals surface area contributed by atoms with Crippen molar-refractivity contribution in [2.75, 3.05) is 17.7 Å². The fourth-order valence-electron chi connectivity index (χ4n) is 2.54. The van der Waals surface area contributed by atoms with Crippen molar-refractivity contribution in [1.82, 2.24) is 9.97 Å². The summed E-state index contributed by atoms with van der Waals surface area (Å²) in [4.78, 5) is 19.9. The molecule has 27 heavy (non-hydrogen) atoms. The van der Waals surface area contributed by atoms with Crippen molar-refractivity contribution in [2.45, 2.75) is 6.92 Å². The van der Waals surface area contributed by atoms with Gasteiger partial charge in [0, 0.05) is 30.1 Å². The van der Waals surface area contributed by atoms with Gasteiger partial charge in [0.2, 0.25) is 11.9 Å². The third-order valence-corrected chi connectivity index (χ3v) is 3.71. The normalized spacial score (nSPS) is 9.96. The van der Waals surface area contributed by atoms with E-state index in [1.165, 1.54) is 14.0 Å². The van der Waals surface area contributed by atoms with Gasteiger partial charge >= 0.3 is 0 Å². The van der Waals surface area contributed by atoms with Crippen molar-refractivity contribution in [3.63, 3.8) is 0 Å². The van der Waals surface area contributed by atoms with Crippen LogP contribution < -0.4 is 15.4 Å². The number of aromatic nitrogens is 2. The highest BCUT2D eigenvalue weighted by Crippen LogP contribution is 2.26. The zero-order valence-corrected chi connectivity index (χ0v) is 14.9. The molecule has 1 amide bonds. The third kappa shape index (κ3) is 4.38. The first-order valence-electron chi connectivity index (χ1n) is 8.15. The van der Waals surface area contributed by atoms with Gasteiger partial charge in [0.25, 0.3) is 0 Å². The summed E-state index contributed by atoms with van der Waals surface area (Å²) in [6.07, 6.45) is 1.64. The highest BCUT2D eigenvalue weighted by atomic mass is 16.5. The van der Waals surface area contributed by atoms with E-state index in [2.05, 4.69) is 26.7 Å². The van der Waals surface area contributed by atoms with Crippen LogP contribution in [-0.2, 0) is 4.79 Å². The zero-order chi connectivity index (χ0) is 19.2. The van der Waals surface area contributed by atoms with E-state index < -0.39 is 0 Å². The van der Waals surface area contributed by atoms with Gasteiger partial charge < -0.3 is 15.4 Å². The van der Waals surface area contributed by atoms with Gasteiger partial charge in [-0.1, -0.05) is 6.07 Å². The summed E-state index contributed by atoms with van der Waals surface area (Å²) >= 11 is 0. The average Bonchev–Trinajstić information content (AvgIpc) is 2.67. The van der Waals surface area contributed by atoms with E-state index >= 15 is 0 Å². The molecule has 0 aliphatic heterocycles. The van der Waals surface area contributed by atoms with Crippen LogP contribution in [0.25, 0.3) is 11.3 Å². The number of methoxy groups -OCH3 is 1. The number of nitrogens with zero attached hydrogens (tertiary/aromatic N) is 3. The number of carbonyl (C=O) groups excluding carboxylic acids is 1. The first kappa shape index (κ1) is 17.9. The summed E-state index contributed by atoms with van der Waals surface area (Å²) in [6.45, 7) is 1.46. The molecule has 0 radical (unpaired) electrons. The van der Waals surface area contributed by atoms with Crippen LogP contribution in [0.2, 0.25) is 0 Å². The van der Waals surface area contributed by atoms with Crippen LogP contribution in [0, 0.1) is 11.3 Å². The summed E-state index contributed by atoms with van der Waals surface area (Å²) in [5, 5.41) is 15.1. The lowest BCUT2D eigenvalue weighted by molar-refractivity contribution is -0.114. The molecule has 0 bridgehead atoms. The Morgan fingerprint density at radius 3 is 2.70 bits per heavy atom. The van der Waals surface area contributed by atoms with E-state index in [4.69, 9.17) is 4.74 Å². The second-order valence-corrected chi connectivity index (χ2v) is 5.68. The van der Waals surface area contributed by atoms with E-state index in [9.17, 15) is 10.1 Å². The molecule has 7 heteroatoms. The van der Waals surface area contributed by atoms with Crippen molar-refractivity contribution in [3.05, 3.63) is 60.3 Å². The molecule has 2 N–H and O–H groups in total. The van der Waals surface area contributed by atoms with Crippen LogP contribution in [0.15, 0.2) is 54.7 Å². The maximum absolute atomic E-state index is 11.2. The molecule has 1 heterocycles. The molecule has 3 rings (SSSR count). The molecular weight excluding hydrogens is 342 g/mol. The second-order valence-electron chi connectivity index (χ2n) is 5.68. The van der Waals surface area contributed by atoms with Crippen molar-refractivity contribution < 1.29 is 9.53 Å². The molecule has 1 aromatic heterocycles. The summed E-state index contributed by atoms with van der Waals surface area (Å²) in [5.74, 6) is 0.781. The largest absolute Gasteiger partial charge is 0.495 e. The molecule has 0 spiro atoms. The fraction of sp³-hybridized carbons (Fsp3) is 0.100. The highest BCUT2D eigenvalue weighted by molar-refractivity contribution is 5.89. The quantitative estimate of drug-likeness (QED) is 0.720. The first-order valence-corrected chi connectivity index (χ1v) is 8.15. The number of anilines is 3. The van der Waals surface area contributed by atoms with E-state index in [0.717, 1.165) is 11.3 Å². The Bertz CT molecular complexity index is 1030. The van der Waals surface area contributed by atoms with Crippen LogP contribution in [0.4, 0.5) is 17.3 Å². The Kier molecular flexibility index (Phi) is 5.28. The number of ether oxygens (including phenoxy) is 1. The minimum Gasteiger partial charge on any atom is -0.495 e. The van der Waals surface area contributed by atoms with E-state index in [1.54, 1.807) is 36.5 Å². The lowest BCUT2D eigenvalue weighted by Gasteiger charge is -2.09. The Morgan fingerprint density at radius 2 is 1.96 bits per heavy atom. The minimum absolute atomic E-state index is 0.141. The summed E-state index contributed by atoms with van der Waals surface area (Å²) in [7, 11) is 1.53. The predicted octanol–water partition coefficient (Wildman–Crippen LogP) is 3.73.